The van der Waals surface area contributed by atoms with E-state index in [2.05, 4.69) is 23.9 Å². The van der Waals surface area contributed by atoms with Gasteiger partial charge in [0.05, 0.1) is 0 Å². The van der Waals surface area contributed by atoms with E-state index in [0.29, 0.717) is 17.4 Å². The van der Waals surface area contributed by atoms with E-state index in [-0.39, 0.29) is 0 Å². The van der Waals surface area contributed by atoms with Crippen molar-refractivity contribution in [2.24, 2.45) is 0 Å². The lowest BCUT2D eigenvalue weighted by Gasteiger charge is -2.36. The average Bonchev–Trinajstić information content (AvgIpc) is 2.93. The Labute approximate surface area is 125 Å². The summed E-state index contributed by atoms with van der Waals surface area (Å²) in [6, 6.07) is 2.44. The zero-order valence-electron chi connectivity index (χ0n) is 12.8. The Morgan fingerprint density at radius 2 is 2.05 bits per heavy atom. The van der Waals surface area contributed by atoms with E-state index in [1.54, 1.807) is 0 Å². The molecule has 0 radical (unpaired) electrons. The summed E-state index contributed by atoms with van der Waals surface area (Å²) in [6.07, 6.45) is 5.16. The Morgan fingerprint density at radius 3 is 2.67 bits per heavy atom. The molecule has 2 heterocycles. The maximum atomic E-state index is 11.6. The van der Waals surface area contributed by atoms with Crippen LogP contribution in [0.1, 0.15) is 40.9 Å². The maximum Gasteiger partial charge on any atom is 0.339 e. The summed E-state index contributed by atoms with van der Waals surface area (Å²) < 4.78 is 0. The first-order valence-corrected chi connectivity index (χ1v) is 7.73. The van der Waals surface area contributed by atoms with E-state index in [9.17, 15) is 9.90 Å². The molecule has 0 bridgehead atoms. The third kappa shape index (κ3) is 2.75. The highest BCUT2D eigenvalue weighted by Gasteiger charge is 2.27. The highest BCUT2D eigenvalue weighted by molar-refractivity contribution is 5.93. The van der Waals surface area contributed by atoms with Crippen LogP contribution >= 0.6 is 0 Å². The third-order valence-electron chi connectivity index (χ3n) is 4.76. The van der Waals surface area contributed by atoms with Crippen molar-refractivity contribution < 1.29 is 9.90 Å². The number of rotatable bonds is 3. The highest BCUT2D eigenvalue weighted by atomic mass is 16.4. The molecular weight excluding hydrogens is 266 g/mol. The van der Waals surface area contributed by atoms with Gasteiger partial charge in [0.1, 0.15) is 11.4 Å². The Hall–Kier alpha value is -1.62. The van der Waals surface area contributed by atoms with Crippen molar-refractivity contribution in [2.45, 2.75) is 38.1 Å². The maximum absolute atomic E-state index is 11.6. The molecule has 21 heavy (non-hydrogen) atoms. The zero-order chi connectivity index (χ0) is 15.0. The van der Waals surface area contributed by atoms with E-state index >= 15 is 0 Å². The molecule has 1 aliphatic carbocycles. The quantitative estimate of drug-likeness (QED) is 0.919. The van der Waals surface area contributed by atoms with Crippen LogP contribution in [0.15, 0.2) is 6.07 Å². The number of aromatic carboxylic acids is 1. The van der Waals surface area contributed by atoms with Gasteiger partial charge in [0, 0.05) is 24.8 Å². The topological polar surface area (TPSA) is 56.7 Å². The first-order valence-electron chi connectivity index (χ1n) is 7.73. The summed E-state index contributed by atoms with van der Waals surface area (Å²) in [4.78, 5) is 20.7. The zero-order valence-corrected chi connectivity index (χ0v) is 12.8. The number of fused-ring (bicyclic) bond motifs is 1. The molecule has 0 atom stereocenters. The summed E-state index contributed by atoms with van der Waals surface area (Å²) >= 11 is 0. The number of hydrogen-bond acceptors (Lipinski definition) is 4. The SMILES string of the molecule is CN(C)C1CCN(c2nc3c(cc2C(=O)O)CCC3)CC1. The number of piperidine rings is 1. The molecule has 2 aliphatic rings. The lowest BCUT2D eigenvalue weighted by molar-refractivity contribution is 0.0697. The van der Waals surface area contributed by atoms with Gasteiger partial charge in [-0.1, -0.05) is 0 Å². The van der Waals surface area contributed by atoms with Crippen molar-refractivity contribution in [1.29, 1.82) is 0 Å². The van der Waals surface area contributed by atoms with Crippen molar-refractivity contribution in [1.82, 2.24) is 9.88 Å². The van der Waals surface area contributed by atoms with E-state index in [4.69, 9.17) is 4.98 Å². The van der Waals surface area contributed by atoms with Crippen LogP contribution in [0.4, 0.5) is 5.82 Å². The van der Waals surface area contributed by atoms with E-state index in [0.717, 1.165) is 56.5 Å². The fourth-order valence-electron chi connectivity index (χ4n) is 3.45. The molecule has 1 fully saturated rings. The molecule has 1 N–H and O–H groups in total. The van der Waals surface area contributed by atoms with Gasteiger partial charge in [0.2, 0.25) is 0 Å². The lowest BCUT2D eigenvalue weighted by atomic mass is 10.0. The third-order valence-corrected chi connectivity index (χ3v) is 4.76. The monoisotopic (exact) mass is 289 g/mol. The number of carboxylic acids is 1. The van der Waals surface area contributed by atoms with Gasteiger partial charge in [-0.3, -0.25) is 0 Å². The minimum absolute atomic E-state index is 0.374. The number of anilines is 1. The summed E-state index contributed by atoms with van der Waals surface area (Å²) in [5.41, 5.74) is 2.60. The molecule has 114 valence electrons. The Balaban J connectivity index is 1.86. The minimum atomic E-state index is -0.859. The van der Waals surface area contributed by atoms with Crippen molar-refractivity contribution in [3.05, 3.63) is 22.9 Å². The normalized spacial score (nSPS) is 19.1. The van der Waals surface area contributed by atoms with Crippen LogP contribution in [-0.2, 0) is 12.8 Å². The number of carbonyl (C=O) groups is 1. The van der Waals surface area contributed by atoms with Crippen LogP contribution in [-0.4, -0.2) is 54.2 Å². The van der Waals surface area contributed by atoms with Gasteiger partial charge in [0.15, 0.2) is 0 Å². The molecule has 0 saturated carbocycles. The van der Waals surface area contributed by atoms with E-state index in [1.165, 1.54) is 0 Å². The Morgan fingerprint density at radius 1 is 1.33 bits per heavy atom. The van der Waals surface area contributed by atoms with Gasteiger partial charge in [-0.2, -0.15) is 0 Å². The molecule has 5 heteroatoms. The van der Waals surface area contributed by atoms with E-state index < -0.39 is 5.97 Å². The van der Waals surface area contributed by atoms with Crippen molar-refractivity contribution >= 4 is 11.8 Å². The van der Waals surface area contributed by atoms with Crippen LogP contribution in [0, 0.1) is 0 Å². The van der Waals surface area contributed by atoms with Crippen LogP contribution in [0.25, 0.3) is 0 Å². The van der Waals surface area contributed by atoms with Gasteiger partial charge >= 0.3 is 5.97 Å². The standard InChI is InChI=1S/C16H23N3O2/c1-18(2)12-6-8-19(9-7-12)15-13(16(20)21)10-11-4-3-5-14(11)17-15/h10,12H,3-9H2,1-2H3,(H,20,21). The molecule has 5 nitrogen and oxygen atoms in total. The second-order valence-corrected chi connectivity index (χ2v) is 6.31. The number of nitrogens with zero attached hydrogens (tertiary/aromatic N) is 3. The molecule has 0 spiro atoms. The molecular formula is C16H23N3O2. The Bertz CT molecular complexity index is 549. The largest absolute Gasteiger partial charge is 0.478 e. The number of aromatic nitrogens is 1. The second kappa shape index (κ2) is 5.64. The molecule has 1 aromatic rings. The number of aryl methyl sites for hydroxylation is 2. The van der Waals surface area contributed by atoms with Gasteiger partial charge in [-0.05, 0) is 57.8 Å². The van der Waals surface area contributed by atoms with Gasteiger partial charge < -0.3 is 14.9 Å². The molecule has 1 aromatic heterocycles. The molecule has 3 rings (SSSR count). The van der Waals surface area contributed by atoms with Crippen LogP contribution in [0.3, 0.4) is 0 Å². The summed E-state index contributed by atoms with van der Waals surface area (Å²) in [7, 11) is 4.22. The van der Waals surface area contributed by atoms with Gasteiger partial charge in [-0.25, -0.2) is 9.78 Å². The summed E-state index contributed by atoms with van der Waals surface area (Å²) in [6.45, 7) is 1.77. The van der Waals surface area contributed by atoms with Gasteiger partial charge in [-0.15, -0.1) is 0 Å². The molecule has 1 aliphatic heterocycles. The van der Waals surface area contributed by atoms with Crippen molar-refractivity contribution in [2.75, 3.05) is 32.1 Å². The highest BCUT2D eigenvalue weighted by Crippen LogP contribution is 2.29. The smallest absolute Gasteiger partial charge is 0.339 e. The molecule has 1 saturated heterocycles. The summed E-state index contributed by atoms with van der Waals surface area (Å²) in [5.74, 6) is -0.178. The van der Waals surface area contributed by atoms with Crippen molar-refractivity contribution in [3.8, 4) is 0 Å². The van der Waals surface area contributed by atoms with Crippen LogP contribution in [0.2, 0.25) is 0 Å². The predicted molar refractivity (Wildman–Crippen MR) is 82.1 cm³/mol. The van der Waals surface area contributed by atoms with Gasteiger partial charge in [0.25, 0.3) is 0 Å². The first kappa shape index (κ1) is 14.3. The number of hydrogen-bond donors (Lipinski definition) is 1. The second-order valence-electron chi connectivity index (χ2n) is 6.31. The fraction of sp³-hybridized carbons (Fsp3) is 0.625. The minimum Gasteiger partial charge on any atom is -0.478 e. The van der Waals surface area contributed by atoms with Crippen molar-refractivity contribution in [3.63, 3.8) is 0 Å². The fourth-order valence-corrected chi connectivity index (χ4v) is 3.45. The van der Waals surface area contributed by atoms with E-state index in [1.807, 2.05) is 6.07 Å². The summed E-state index contributed by atoms with van der Waals surface area (Å²) in [5, 5.41) is 9.49. The lowest BCUT2D eigenvalue weighted by Crippen LogP contribution is -2.42. The molecule has 0 unspecified atom stereocenters. The first-order chi connectivity index (χ1) is 10.1. The predicted octanol–water partition coefficient (Wildman–Crippen LogP) is 1.80. The Kier molecular flexibility index (Phi) is 3.85. The average molecular weight is 289 g/mol. The number of pyridine rings is 1. The number of carboxylic acid groups (broad SMARTS) is 1. The molecule has 0 amide bonds. The van der Waals surface area contributed by atoms with Crippen LogP contribution in [0.5, 0.6) is 0 Å². The molecule has 0 aromatic carbocycles. The van der Waals surface area contributed by atoms with Crippen LogP contribution < -0.4 is 4.90 Å².